The fourth-order valence-electron chi connectivity index (χ4n) is 5.35. The summed E-state index contributed by atoms with van der Waals surface area (Å²) in [6, 6.07) is 4.92. The van der Waals surface area contributed by atoms with Crippen LogP contribution in [-0.2, 0) is 16.1 Å². The Labute approximate surface area is 168 Å². The second kappa shape index (κ2) is 6.74. The summed E-state index contributed by atoms with van der Waals surface area (Å²) in [5.41, 5.74) is 1.59. The topological polar surface area (TPSA) is 98.8 Å². The van der Waals surface area contributed by atoms with Crippen LogP contribution in [0.15, 0.2) is 18.2 Å². The maximum atomic E-state index is 13.2. The Bertz CT molecular complexity index is 929. The van der Waals surface area contributed by atoms with Crippen LogP contribution in [-0.4, -0.2) is 65.1 Å². The maximum Gasteiger partial charge on any atom is 0.262 e. The molecule has 1 aromatic carbocycles. The van der Waals surface area contributed by atoms with Gasteiger partial charge in [-0.1, -0.05) is 12.1 Å². The van der Waals surface area contributed by atoms with E-state index in [4.69, 9.17) is 0 Å². The van der Waals surface area contributed by atoms with Crippen LogP contribution < -0.4 is 10.6 Å². The SMILES string of the molecule is CC1NCC2CN(Cc3cccc4c3C(=O)N(C3CCC(=O)NC3=O)C4=O)CC21. The van der Waals surface area contributed by atoms with Gasteiger partial charge in [0.2, 0.25) is 11.8 Å². The molecular formula is C21H24N4O4. The van der Waals surface area contributed by atoms with E-state index in [1.54, 1.807) is 12.1 Å². The van der Waals surface area contributed by atoms with E-state index in [-0.39, 0.29) is 18.7 Å². The standard InChI is InChI=1S/C21H24N4O4/c1-11-15-10-24(9-13(15)7-22-11)8-12-3-2-4-14-18(12)21(29)25(20(14)28)16-5-6-17(26)23-19(16)27/h2-4,11,13,15-16,22H,5-10H2,1H3,(H,23,26,27). The maximum absolute atomic E-state index is 13.2. The number of nitrogens with one attached hydrogen (secondary N) is 2. The van der Waals surface area contributed by atoms with Gasteiger partial charge in [-0.15, -0.1) is 0 Å². The van der Waals surface area contributed by atoms with Gasteiger partial charge in [0.1, 0.15) is 6.04 Å². The zero-order valence-corrected chi connectivity index (χ0v) is 16.3. The van der Waals surface area contributed by atoms with Crippen molar-refractivity contribution >= 4 is 23.6 Å². The van der Waals surface area contributed by atoms with Crippen molar-refractivity contribution in [2.24, 2.45) is 11.8 Å². The molecule has 0 radical (unpaired) electrons. The van der Waals surface area contributed by atoms with E-state index in [0.717, 1.165) is 30.1 Å². The van der Waals surface area contributed by atoms with Gasteiger partial charge in [-0.25, -0.2) is 0 Å². The molecule has 0 aliphatic carbocycles. The van der Waals surface area contributed by atoms with E-state index >= 15 is 0 Å². The van der Waals surface area contributed by atoms with Gasteiger partial charge >= 0.3 is 0 Å². The Kier molecular flexibility index (Phi) is 4.29. The Hall–Kier alpha value is -2.58. The number of likely N-dealkylation sites (tertiary alicyclic amines) is 1. The molecular weight excluding hydrogens is 372 g/mol. The number of imide groups is 2. The van der Waals surface area contributed by atoms with Crippen LogP contribution in [0.2, 0.25) is 0 Å². The van der Waals surface area contributed by atoms with E-state index in [1.165, 1.54) is 0 Å². The highest BCUT2D eigenvalue weighted by atomic mass is 16.2. The Morgan fingerprint density at radius 1 is 1.10 bits per heavy atom. The molecule has 0 spiro atoms. The number of rotatable bonds is 3. The summed E-state index contributed by atoms with van der Waals surface area (Å²) in [6.45, 7) is 5.81. The number of fused-ring (bicyclic) bond motifs is 2. The lowest BCUT2D eigenvalue weighted by Gasteiger charge is -2.28. The molecule has 4 amide bonds. The average molecular weight is 396 g/mol. The molecule has 0 aromatic heterocycles. The van der Waals surface area contributed by atoms with Gasteiger partial charge in [-0.3, -0.25) is 34.3 Å². The van der Waals surface area contributed by atoms with E-state index in [1.807, 2.05) is 6.07 Å². The number of benzene rings is 1. The lowest BCUT2D eigenvalue weighted by molar-refractivity contribution is -0.136. The predicted molar refractivity (Wildman–Crippen MR) is 103 cm³/mol. The number of carbonyl (C=O) groups is 4. The first kappa shape index (κ1) is 18.4. The number of piperidine rings is 1. The summed E-state index contributed by atoms with van der Waals surface area (Å²) < 4.78 is 0. The Morgan fingerprint density at radius 2 is 1.93 bits per heavy atom. The molecule has 29 heavy (non-hydrogen) atoms. The minimum Gasteiger partial charge on any atom is -0.314 e. The zero-order valence-electron chi connectivity index (χ0n) is 16.3. The van der Waals surface area contributed by atoms with E-state index in [9.17, 15) is 19.2 Å². The minimum atomic E-state index is -0.925. The van der Waals surface area contributed by atoms with Crippen molar-refractivity contribution in [3.63, 3.8) is 0 Å². The Morgan fingerprint density at radius 3 is 2.69 bits per heavy atom. The predicted octanol–water partition coefficient (Wildman–Crippen LogP) is 0.128. The molecule has 4 aliphatic rings. The summed E-state index contributed by atoms with van der Waals surface area (Å²) in [7, 11) is 0. The van der Waals surface area contributed by atoms with Crippen LogP contribution in [0.1, 0.15) is 46.0 Å². The molecule has 4 aliphatic heterocycles. The van der Waals surface area contributed by atoms with Crippen molar-refractivity contribution in [1.29, 1.82) is 0 Å². The second-order valence-corrected chi connectivity index (χ2v) is 8.60. The summed E-state index contributed by atoms with van der Waals surface area (Å²) in [6.07, 6.45) is 0.297. The number of carbonyl (C=O) groups excluding carboxylic acids is 4. The van der Waals surface area contributed by atoms with Crippen molar-refractivity contribution in [2.75, 3.05) is 19.6 Å². The molecule has 1 aromatic rings. The van der Waals surface area contributed by atoms with Gasteiger partial charge in [0.25, 0.3) is 11.8 Å². The molecule has 0 saturated carbocycles. The van der Waals surface area contributed by atoms with Crippen molar-refractivity contribution in [3.05, 3.63) is 34.9 Å². The van der Waals surface area contributed by atoms with Gasteiger partial charge in [-0.2, -0.15) is 0 Å². The average Bonchev–Trinajstić information content (AvgIpc) is 3.31. The molecule has 3 fully saturated rings. The summed E-state index contributed by atoms with van der Waals surface area (Å²) >= 11 is 0. The monoisotopic (exact) mass is 396 g/mol. The van der Waals surface area contributed by atoms with Crippen molar-refractivity contribution in [3.8, 4) is 0 Å². The molecule has 5 rings (SSSR count). The van der Waals surface area contributed by atoms with Gasteiger partial charge < -0.3 is 5.32 Å². The first-order valence-corrected chi connectivity index (χ1v) is 10.2. The molecule has 152 valence electrons. The third kappa shape index (κ3) is 2.89. The second-order valence-electron chi connectivity index (χ2n) is 8.60. The number of nitrogens with zero attached hydrogens (tertiary/aromatic N) is 2. The van der Waals surface area contributed by atoms with Gasteiger partial charge in [0, 0.05) is 32.1 Å². The first-order valence-electron chi connectivity index (χ1n) is 10.2. The van der Waals surface area contributed by atoms with Crippen LogP contribution in [0.25, 0.3) is 0 Å². The molecule has 0 bridgehead atoms. The molecule has 8 nitrogen and oxygen atoms in total. The first-order chi connectivity index (χ1) is 13.9. The van der Waals surface area contributed by atoms with E-state index in [2.05, 4.69) is 22.5 Å². The molecule has 3 saturated heterocycles. The number of hydrogen-bond donors (Lipinski definition) is 2. The number of amides is 4. The smallest absolute Gasteiger partial charge is 0.262 e. The highest BCUT2D eigenvalue weighted by Crippen LogP contribution is 2.34. The summed E-state index contributed by atoms with van der Waals surface area (Å²) in [5, 5.41) is 5.75. The van der Waals surface area contributed by atoms with Crippen molar-refractivity contribution < 1.29 is 19.2 Å². The summed E-state index contributed by atoms with van der Waals surface area (Å²) in [4.78, 5) is 53.2. The molecule has 2 N–H and O–H groups in total. The number of hydrogen-bond acceptors (Lipinski definition) is 6. The normalized spacial score (nSPS) is 32.0. The van der Waals surface area contributed by atoms with Crippen LogP contribution in [0.4, 0.5) is 0 Å². The fourth-order valence-corrected chi connectivity index (χ4v) is 5.35. The van der Waals surface area contributed by atoms with Crippen LogP contribution in [0.3, 0.4) is 0 Å². The minimum absolute atomic E-state index is 0.124. The van der Waals surface area contributed by atoms with Crippen LogP contribution in [0, 0.1) is 11.8 Å². The third-order valence-electron chi connectivity index (χ3n) is 6.86. The molecule has 4 unspecified atom stereocenters. The van der Waals surface area contributed by atoms with E-state index < -0.39 is 23.8 Å². The highest BCUT2D eigenvalue weighted by Gasteiger charge is 2.46. The lowest BCUT2D eigenvalue weighted by Crippen LogP contribution is -2.54. The highest BCUT2D eigenvalue weighted by molar-refractivity contribution is 6.24. The zero-order chi connectivity index (χ0) is 20.3. The molecule has 4 heterocycles. The van der Waals surface area contributed by atoms with Crippen LogP contribution >= 0.6 is 0 Å². The molecule has 4 atom stereocenters. The van der Waals surface area contributed by atoms with E-state index in [0.29, 0.717) is 35.5 Å². The Balaban J connectivity index is 1.39. The van der Waals surface area contributed by atoms with Crippen molar-refractivity contribution in [1.82, 2.24) is 20.4 Å². The van der Waals surface area contributed by atoms with Gasteiger partial charge in [0.05, 0.1) is 11.1 Å². The third-order valence-corrected chi connectivity index (χ3v) is 6.86. The van der Waals surface area contributed by atoms with Gasteiger partial charge in [0.15, 0.2) is 0 Å². The van der Waals surface area contributed by atoms with Crippen molar-refractivity contribution in [2.45, 2.75) is 38.4 Å². The molecule has 8 heteroatoms. The largest absolute Gasteiger partial charge is 0.314 e. The summed E-state index contributed by atoms with van der Waals surface area (Å²) in [5.74, 6) is -0.580. The fraction of sp³-hybridized carbons (Fsp3) is 0.524. The van der Waals surface area contributed by atoms with Gasteiger partial charge in [-0.05, 0) is 43.4 Å². The lowest BCUT2D eigenvalue weighted by atomic mass is 9.95. The quantitative estimate of drug-likeness (QED) is 0.705. The van der Waals surface area contributed by atoms with Crippen LogP contribution in [0.5, 0.6) is 0 Å².